The van der Waals surface area contributed by atoms with E-state index in [1.165, 1.54) is 16.4 Å². The molecule has 2 aromatic carbocycles. The maximum Gasteiger partial charge on any atom is 0.243 e. The zero-order valence-electron chi connectivity index (χ0n) is 13.6. The van der Waals surface area contributed by atoms with Crippen LogP contribution in [-0.4, -0.2) is 38.1 Å². The molecule has 0 bridgehead atoms. The van der Waals surface area contributed by atoms with Crippen LogP contribution in [0.2, 0.25) is 5.02 Å². The minimum Gasteiger partial charge on any atom is -0.378 e. The van der Waals surface area contributed by atoms with E-state index in [2.05, 4.69) is 5.32 Å². The van der Waals surface area contributed by atoms with Gasteiger partial charge in [-0.25, -0.2) is 8.42 Å². The average molecular weight is 379 g/mol. The molecule has 1 heterocycles. The quantitative estimate of drug-likeness (QED) is 0.782. The molecule has 1 aliphatic heterocycles. The highest BCUT2D eigenvalue weighted by atomic mass is 35.5. The molecule has 5 nitrogen and oxygen atoms in total. The van der Waals surface area contributed by atoms with Crippen LogP contribution in [0.5, 0.6) is 0 Å². The summed E-state index contributed by atoms with van der Waals surface area (Å²) in [6.07, 6.45) is 1.79. The first kappa shape index (κ1) is 17.9. The number of nitrogens with one attached hydrogen (secondary N) is 1. The fraction of sp³-hybridized carbons (Fsp3) is 0.278. The summed E-state index contributed by atoms with van der Waals surface area (Å²) in [5, 5.41) is 3.66. The molecule has 0 spiro atoms. The number of nitrogens with zero attached hydrogens (tertiary/aromatic N) is 1. The lowest BCUT2D eigenvalue weighted by Gasteiger charge is -2.15. The molecule has 0 atom stereocenters. The molecule has 0 unspecified atom stereocenters. The third kappa shape index (κ3) is 4.21. The van der Waals surface area contributed by atoms with Gasteiger partial charge in [-0.1, -0.05) is 11.6 Å². The number of Topliss-reactive ketones (excluding diaryl/α,β-unsaturated/α-hetero) is 1. The highest BCUT2D eigenvalue weighted by Gasteiger charge is 2.27. The third-order valence-electron chi connectivity index (χ3n) is 4.18. The SMILES string of the molecule is O=C(CNc1ccc(Cl)cc1)c1ccc(S(=O)(=O)N2CCCC2)cc1. The molecule has 7 heteroatoms. The number of hydrogen-bond donors (Lipinski definition) is 1. The van der Waals surface area contributed by atoms with E-state index < -0.39 is 10.0 Å². The summed E-state index contributed by atoms with van der Waals surface area (Å²) < 4.78 is 26.4. The maximum absolute atomic E-state index is 12.5. The van der Waals surface area contributed by atoms with Gasteiger partial charge in [-0.05, 0) is 61.4 Å². The first-order valence-corrected chi connectivity index (χ1v) is 9.91. The summed E-state index contributed by atoms with van der Waals surface area (Å²) in [4.78, 5) is 12.5. The van der Waals surface area contributed by atoms with Crippen molar-refractivity contribution in [2.75, 3.05) is 25.0 Å². The number of carbonyl (C=O) groups excluding carboxylic acids is 1. The smallest absolute Gasteiger partial charge is 0.243 e. The van der Waals surface area contributed by atoms with Crippen LogP contribution in [0.1, 0.15) is 23.2 Å². The van der Waals surface area contributed by atoms with Crippen molar-refractivity contribution in [3.05, 3.63) is 59.1 Å². The predicted octanol–water partition coefficient (Wildman–Crippen LogP) is 3.42. The Morgan fingerprint density at radius 1 is 1.00 bits per heavy atom. The van der Waals surface area contributed by atoms with Gasteiger partial charge in [0.25, 0.3) is 0 Å². The van der Waals surface area contributed by atoms with E-state index in [9.17, 15) is 13.2 Å². The molecule has 1 fully saturated rings. The van der Waals surface area contributed by atoms with Crippen molar-refractivity contribution in [1.82, 2.24) is 4.31 Å². The number of benzene rings is 2. The number of ketones is 1. The fourth-order valence-electron chi connectivity index (χ4n) is 2.74. The van der Waals surface area contributed by atoms with Gasteiger partial charge in [-0.2, -0.15) is 4.31 Å². The number of halogens is 1. The molecule has 3 rings (SSSR count). The van der Waals surface area contributed by atoms with Crippen molar-refractivity contribution in [3.8, 4) is 0 Å². The maximum atomic E-state index is 12.5. The summed E-state index contributed by atoms with van der Waals surface area (Å²) in [6.45, 7) is 1.25. The van der Waals surface area contributed by atoms with Gasteiger partial charge >= 0.3 is 0 Å². The Morgan fingerprint density at radius 2 is 1.60 bits per heavy atom. The molecule has 1 aliphatic rings. The molecule has 132 valence electrons. The monoisotopic (exact) mass is 378 g/mol. The zero-order chi connectivity index (χ0) is 17.9. The predicted molar refractivity (Wildman–Crippen MR) is 98.7 cm³/mol. The molecule has 0 amide bonds. The Bertz CT molecular complexity index is 843. The number of carbonyl (C=O) groups is 1. The Hall–Kier alpha value is -1.89. The second-order valence-corrected chi connectivity index (χ2v) is 8.29. The lowest BCUT2D eigenvalue weighted by Crippen LogP contribution is -2.27. The van der Waals surface area contributed by atoms with Crippen molar-refractivity contribution in [2.45, 2.75) is 17.7 Å². The van der Waals surface area contributed by atoms with E-state index >= 15 is 0 Å². The van der Waals surface area contributed by atoms with Crippen molar-refractivity contribution in [2.24, 2.45) is 0 Å². The molecular weight excluding hydrogens is 360 g/mol. The second-order valence-electron chi connectivity index (χ2n) is 5.92. The van der Waals surface area contributed by atoms with Crippen LogP contribution in [0.3, 0.4) is 0 Å². The molecule has 0 aromatic heterocycles. The van der Waals surface area contributed by atoms with E-state index in [1.54, 1.807) is 36.4 Å². The van der Waals surface area contributed by atoms with E-state index in [4.69, 9.17) is 11.6 Å². The van der Waals surface area contributed by atoms with Crippen LogP contribution < -0.4 is 5.32 Å². The minimum atomic E-state index is -3.45. The van der Waals surface area contributed by atoms with Crippen LogP contribution in [0.15, 0.2) is 53.4 Å². The summed E-state index contributed by atoms with van der Waals surface area (Å²) >= 11 is 5.82. The Kier molecular flexibility index (Phi) is 5.42. The molecule has 0 saturated carbocycles. The van der Waals surface area contributed by atoms with Crippen molar-refractivity contribution in [1.29, 1.82) is 0 Å². The van der Waals surface area contributed by atoms with Crippen LogP contribution >= 0.6 is 11.6 Å². The highest BCUT2D eigenvalue weighted by Crippen LogP contribution is 2.21. The number of rotatable bonds is 6. The van der Waals surface area contributed by atoms with Gasteiger partial charge in [0.05, 0.1) is 11.4 Å². The van der Waals surface area contributed by atoms with E-state index in [1.807, 2.05) is 0 Å². The van der Waals surface area contributed by atoms with Crippen LogP contribution in [0.25, 0.3) is 0 Å². The summed E-state index contributed by atoms with van der Waals surface area (Å²) in [6, 6.07) is 13.2. The largest absolute Gasteiger partial charge is 0.378 e. The molecule has 0 aliphatic carbocycles. The van der Waals surface area contributed by atoms with Gasteiger partial charge in [0.1, 0.15) is 0 Å². The normalized spacial score (nSPS) is 15.2. The molecule has 2 aromatic rings. The molecule has 1 N–H and O–H groups in total. The molecule has 1 saturated heterocycles. The molecule has 25 heavy (non-hydrogen) atoms. The third-order valence-corrected chi connectivity index (χ3v) is 6.34. The standard InChI is InChI=1S/C18H19ClN2O3S/c19-15-5-7-16(8-6-15)20-13-18(22)14-3-9-17(10-4-14)25(23,24)21-11-1-2-12-21/h3-10,20H,1-2,11-13H2. The van der Waals surface area contributed by atoms with Gasteiger partial charge in [0.15, 0.2) is 5.78 Å². The lowest BCUT2D eigenvalue weighted by atomic mass is 10.1. The molecular formula is C18H19ClN2O3S. The van der Waals surface area contributed by atoms with Crippen molar-refractivity contribution >= 4 is 33.1 Å². The van der Waals surface area contributed by atoms with E-state index in [0.29, 0.717) is 23.7 Å². The zero-order valence-corrected chi connectivity index (χ0v) is 15.2. The van der Waals surface area contributed by atoms with Gasteiger partial charge in [-0.3, -0.25) is 4.79 Å². The lowest BCUT2D eigenvalue weighted by molar-refractivity contribution is 0.101. The highest BCUT2D eigenvalue weighted by molar-refractivity contribution is 7.89. The number of sulfonamides is 1. The van der Waals surface area contributed by atoms with Crippen LogP contribution in [-0.2, 0) is 10.0 Å². The summed E-state index contributed by atoms with van der Waals surface area (Å²) in [5.41, 5.74) is 1.27. The van der Waals surface area contributed by atoms with Crippen LogP contribution in [0.4, 0.5) is 5.69 Å². The average Bonchev–Trinajstić information content (AvgIpc) is 3.16. The summed E-state index contributed by atoms with van der Waals surface area (Å²) in [5.74, 6) is -0.111. The van der Waals surface area contributed by atoms with E-state index in [-0.39, 0.29) is 17.2 Å². The number of hydrogen-bond acceptors (Lipinski definition) is 4. The van der Waals surface area contributed by atoms with Crippen LogP contribution in [0, 0.1) is 0 Å². The molecule has 0 radical (unpaired) electrons. The van der Waals surface area contributed by atoms with E-state index in [0.717, 1.165) is 18.5 Å². The van der Waals surface area contributed by atoms with Crippen molar-refractivity contribution in [3.63, 3.8) is 0 Å². The topological polar surface area (TPSA) is 66.5 Å². The van der Waals surface area contributed by atoms with Gasteiger partial charge in [0, 0.05) is 29.4 Å². The Balaban J connectivity index is 1.65. The minimum absolute atomic E-state index is 0.111. The van der Waals surface area contributed by atoms with Gasteiger partial charge in [0.2, 0.25) is 10.0 Å². The summed E-state index contributed by atoms with van der Waals surface area (Å²) in [7, 11) is -3.45. The number of anilines is 1. The Morgan fingerprint density at radius 3 is 2.20 bits per heavy atom. The van der Waals surface area contributed by atoms with Gasteiger partial charge < -0.3 is 5.32 Å². The Labute approximate surface area is 152 Å². The second kappa shape index (κ2) is 7.56. The van der Waals surface area contributed by atoms with Crippen molar-refractivity contribution < 1.29 is 13.2 Å². The first-order chi connectivity index (χ1) is 12.0. The fourth-order valence-corrected chi connectivity index (χ4v) is 4.39. The first-order valence-electron chi connectivity index (χ1n) is 8.10. The van der Waals surface area contributed by atoms with Gasteiger partial charge in [-0.15, -0.1) is 0 Å².